The Hall–Kier alpha value is -4.74. The van der Waals surface area contributed by atoms with Gasteiger partial charge in [0.25, 0.3) is 5.91 Å². The summed E-state index contributed by atoms with van der Waals surface area (Å²) in [5, 5.41) is 16.5. The zero-order chi connectivity index (χ0) is 25.1. The molecule has 0 aliphatic carbocycles. The van der Waals surface area contributed by atoms with Crippen LogP contribution in [0.2, 0.25) is 0 Å². The predicted molar refractivity (Wildman–Crippen MR) is 139 cm³/mol. The molecular formula is C28H19N3O4S. The third kappa shape index (κ3) is 4.60. The summed E-state index contributed by atoms with van der Waals surface area (Å²) < 4.78 is 10.6. The zero-order valence-corrected chi connectivity index (χ0v) is 20.0. The topological polar surface area (TPSA) is 101 Å². The molecule has 0 saturated heterocycles. The Labute approximate surface area is 210 Å². The summed E-state index contributed by atoms with van der Waals surface area (Å²) in [6, 6.07) is 24.3. The molecule has 176 valence electrons. The number of aromatic nitrogens is 1. The molecular weight excluding hydrogens is 474 g/mol. The van der Waals surface area contributed by atoms with Crippen LogP contribution >= 0.6 is 11.3 Å². The Kier molecular flexibility index (Phi) is 6.31. The Morgan fingerprint density at radius 1 is 1.03 bits per heavy atom. The third-order valence-corrected chi connectivity index (χ3v) is 6.48. The van der Waals surface area contributed by atoms with Crippen LogP contribution < -0.4 is 10.1 Å². The second-order valence-corrected chi connectivity index (χ2v) is 8.82. The van der Waals surface area contributed by atoms with Gasteiger partial charge in [0, 0.05) is 10.9 Å². The molecule has 0 spiro atoms. The van der Waals surface area contributed by atoms with E-state index < -0.39 is 18.5 Å². The lowest BCUT2D eigenvalue weighted by Gasteiger charge is -2.11. The van der Waals surface area contributed by atoms with Crippen molar-refractivity contribution < 1.29 is 19.1 Å². The Balaban J connectivity index is 1.43. The minimum atomic E-state index is -0.637. The number of amides is 1. The van der Waals surface area contributed by atoms with Gasteiger partial charge in [0.15, 0.2) is 6.61 Å². The summed E-state index contributed by atoms with van der Waals surface area (Å²) in [5.41, 5.74) is 2.76. The Morgan fingerprint density at radius 3 is 2.67 bits per heavy atom. The molecule has 3 aromatic carbocycles. The largest absolute Gasteiger partial charge is 0.497 e. The number of thiophene rings is 1. The van der Waals surface area contributed by atoms with Crippen LogP contribution in [0.5, 0.6) is 5.75 Å². The fourth-order valence-corrected chi connectivity index (χ4v) is 4.62. The zero-order valence-electron chi connectivity index (χ0n) is 19.1. The van der Waals surface area contributed by atoms with Gasteiger partial charge in [0.2, 0.25) is 0 Å². The van der Waals surface area contributed by atoms with E-state index in [-0.39, 0.29) is 0 Å². The SMILES string of the molecule is COc1ccc2cc(-c3cc(C(=O)OCC(=O)Nc4sccc4C#N)c4ccccc4n3)ccc2c1. The second kappa shape index (κ2) is 9.86. The number of nitrogens with one attached hydrogen (secondary N) is 1. The number of benzene rings is 3. The molecule has 5 rings (SSSR count). The summed E-state index contributed by atoms with van der Waals surface area (Å²) in [5.74, 6) is -0.385. The van der Waals surface area contributed by atoms with Crippen molar-refractivity contribution in [2.24, 2.45) is 0 Å². The third-order valence-electron chi connectivity index (χ3n) is 5.65. The molecule has 1 amide bonds. The molecule has 0 aliphatic heterocycles. The summed E-state index contributed by atoms with van der Waals surface area (Å²) in [4.78, 5) is 30.1. The first-order valence-electron chi connectivity index (χ1n) is 11.0. The highest BCUT2D eigenvalue weighted by Gasteiger charge is 2.17. The van der Waals surface area contributed by atoms with Crippen molar-refractivity contribution in [1.29, 1.82) is 5.26 Å². The predicted octanol–water partition coefficient (Wildman–Crippen LogP) is 5.79. The smallest absolute Gasteiger partial charge is 0.339 e. The van der Waals surface area contributed by atoms with Crippen LogP contribution in [0.25, 0.3) is 32.9 Å². The maximum Gasteiger partial charge on any atom is 0.339 e. The number of pyridine rings is 1. The van der Waals surface area contributed by atoms with Gasteiger partial charge >= 0.3 is 5.97 Å². The molecule has 0 unspecified atom stereocenters. The van der Waals surface area contributed by atoms with E-state index in [0.29, 0.717) is 32.7 Å². The van der Waals surface area contributed by atoms with Crippen molar-refractivity contribution in [3.63, 3.8) is 0 Å². The van der Waals surface area contributed by atoms with Gasteiger partial charge in [-0.1, -0.05) is 36.4 Å². The number of anilines is 1. The van der Waals surface area contributed by atoms with Crippen molar-refractivity contribution in [2.45, 2.75) is 0 Å². The number of nitriles is 1. The molecule has 36 heavy (non-hydrogen) atoms. The molecule has 0 radical (unpaired) electrons. The molecule has 0 aliphatic rings. The van der Waals surface area contributed by atoms with Gasteiger partial charge in [-0.05, 0) is 52.6 Å². The lowest BCUT2D eigenvalue weighted by Crippen LogP contribution is -2.21. The Morgan fingerprint density at radius 2 is 1.83 bits per heavy atom. The Bertz CT molecular complexity index is 1670. The fraction of sp³-hybridized carbons (Fsp3) is 0.0714. The molecule has 0 saturated carbocycles. The second-order valence-electron chi connectivity index (χ2n) is 7.90. The summed E-state index contributed by atoms with van der Waals surface area (Å²) in [6.07, 6.45) is 0. The first-order valence-corrected chi connectivity index (χ1v) is 11.9. The van der Waals surface area contributed by atoms with E-state index in [4.69, 9.17) is 19.7 Å². The number of esters is 1. The molecule has 0 fully saturated rings. The molecule has 5 aromatic rings. The number of hydrogen-bond acceptors (Lipinski definition) is 7. The molecule has 2 aromatic heterocycles. The highest BCUT2D eigenvalue weighted by atomic mass is 32.1. The van der Waals surface area contributed by atoms with Gasteiger partial charge in [-0.3, -0.25) is 4.79 Å². The van der Waals surface area contributed by atoms with E-state index >= 15 is 0 Å². The highest BCUT2D eigenvalue weighted by molar-refractivity contribution is 7.14. The van der Waals surface area contributed by atoms with Crippen molar-refractivity contribution in [3.8, 4) is 23.1 Å². The van der Waals surface area contributed by atoms with Crippen molar-refractivity contribution in [1.82, 2.24) is 4.98 Å². The number of rotatable bonds is 6. The van der Waals surface area contributed by atoms with E-state index in [1.165, 1.54) is 11.3 Å². The van der Waals surface area contributed by atoms with Crippen LogP contribution in [-0.4, -0.2) is 30.6 Å². The number of fused-ring (bicyclic) bond motifs is 2. The monoisotopic (exact) mass is 493 g/mol. The number of carbonyl (C=O) groups excluding carboxylic acids is 2. The first-order chi connectivity index (χ1) is 17.6. The van der Waals surface area contributed by atoms with Gasteiger partial charge in [0.05, 0.1) is 29.4 Å². The summed E-state index contributed by atoms with van der Waals surface area (Å²) >= 11 is 1.23. The maximum absolute atomic E-state index is 13.1. The van der Waals surface area contributed by atoms with Crippen molar-refractivity contribution in [3.05, 3.63) is 89.3 Å². The number of hydrogen-bond donors (Lipinski definition) is 1. The van der Waals surface area contributed by atoms with Gasteiger partial charge in [0.1, 0.15) is 16.8 Å². The van der Waals surface area contributed by atoms with Crippen LogP contribution in [0.1, 0.15) is 15.9 Å². The molecule has 0 atom stereocenters. The van der Waals surface area contributed by atoms with Crippen LogP contribution in [0.15, 0.2) is 78.2 Å². The van der Waals surface area contributed by atoms with Crippen molar-refractivity contribution in [2.75, 3.05) is 19.0 Å². The van der Waals surface area contributed by atoms with Crippen LogP contribution in [0.3, 0.4) is 0 Å². The quantitative estimate of drug-likeness (QED) is 0.300. The number of ether oxygens (including phenoxy) is 2. The van der Waals surface area contributed by atoms with E-state index in [2.05, 4.69) is 5.32 Å². The number of carbonyl (C=O) groups is 2. The van der Waals surface area contributed by atoms with E-state index in [1.807, 2.05) is 60.7 Å². The molecule has 1 N–H and O–H groups in total. The number of nitrogens with zero attached hydrogens (tertiary/aromatic N) is 2. The van der Waals surface area contributed by atoms with Crippen LogP contribution in [0.4, 0.5) is 5.00 Å². The van der Waals surface area contributed by atoms with Gasteiger partial charge in [-0.2, -0.15) is 5.26 Å². The molecule has 8 heteroatoms. The normalized spacial score (nSPS) is 10.7. The summed E-state index contributed by atoms with van der Waals surface area (Å²) in [6.45, 7) is -0.481. The average Bonchev–Trinajstić information content (AvgIpc) is 3.37. The van der Waals surface area contributed by atoms with Crippen molar-refractivity contribution >= 4 is 49.9 Å². The number of methoxy groups -OCH3 is 1. The highest BCUT2D eigenvalue weighted by Crippen LogP contribution is 2.29. The first kappa shape index (κ1) is 23.0. The molecule has 7 nitrogen and oxygen atoms in total. The minimum absolute atomic E-state index is 0.312. The summed E-state index contributed by atoms with van der Waals surface area (Å²) in [7, 11) is 1.63. The lowest BCUT2D eigenvalue weighted by atomic mass is 10.0. The van der Waals surface area contributed by atoms with Gasteiger partial charge in [-0.25, -0.2) is 9.78 Å². The van der Waals surface area contributed by atoms with Gasteiger partial charge in [-0.15, -0.1) is 11.3 Å². The minimum Gasteiger partial charge on any atom is -0.497 e. The lowest BCUT2D eigenvalue weighted by molar-refractivity contribution is -0.119. The standard InChI is InChI=1S/C28H19N3O4S/c1-34-21-9-8-17-12-19(7-6-18(17)13-21)25-14-23(22-4-2-3-5-24(22)30-25)28(33)35-16-26(32)31-27-20(15-29)10-11-36-27/h2-14H,16H2,1H3,(H,31,32). The average molecular weight is 494 g/mol. The fourth-order valence-electron chi connectivity index (χ4n) is 3.87. The van der Waals surface area contributed by atoms with E-state index in [0.717, 1.165) is 22.1 Å². The van der Waals surface area contributed by atoms with E-state index in [1.54, 1.807) is 30.7 Å². The molecule has 2 heterocycles. The van der Waals surface area contributed by atoms with E-state index in [9.17, 15) is 9.59 Å². The molecule has 0 bridgehead atoms. The van der Waals surface area contributed by atoms with Crippen LogP contribution in [0, 0.1) is 11.3 Å². The maximum atomic E-state index is 13.1. The van der Waals surface area contributed by atoms with Gasteiger partial charge < -0.3 is 14.8 Å². The number of para-hydroxylation sites is 1. The van der Waals surface area contributed by atoms with Crippen LogP contribution in [-0.2, 0) is 9.53 Å².